The number of benzene rings is 1. The lowest BCUT2D eigenvalue weighted by atomic mass is 10.2. The highest BCUT2D eigenvalue weighted by Gasteiger charge is 1.95. The Labute approximate surface area is 71.9 Å². The van der Waals surface area contributed by atoms with Gasteiger partial charge in [-0.2, -0.15) is 0 Å². The lowest BCUT2D eigenvalue weighted by Gasteiger charge is -2.03. The summed E-state index contributed by atoms with van der Waals surface area (Å²) >= 11 is 5.81. The maximum atomic E-state index is 5.81. The minimum atomic E-state index is 0.680. The van der Waals surface area contributed by atoms with Crippen molar-refractivity contribution in [1.82, 2.24) is 0 Å². The van der Waals surface area contributed by atoms with Gasteiger partial charge in [-0.3, -0.25) is 0 Å². The van der Waals surface area contributed by atoms with Gasteiger partial charge in [0, 0.05) is 5.02 Å². The molecule has 0 radical (unpaired) electrons. The molecule has 11 heavy (non-hydrogen) atoms. The third-order valence-electron chi connectivity index (χ3n) is 1.33. The first-order valence-electron chi connectivity index (χ1n) is 3.62. The van der Waals surface area contributed by atoms with E-state index in [-0.39, 0.29) is 0 Å². The highest BCUT2D eigenvalue weighted by Crippen LogP contribution is 2.20. The second-order valence-corrected chi connectivity index (χ2v) is 2.83. The number of rotatable bonds is 2. The summed E-state index contributed by atoms with van der Waals surface area (Å²) in [7, 11) is 0. The topological polar surface area (TPSA) is 9.23 Å². The minimum absolute atomic E-state index is 0.680. The lowest BCUT2D eigenvalue weighted by Crippen LogP contribution is -1.91. The van der Waals surface area contributed by atoms with E-state index in [9.17, 15) is 0 Å². The summed E-state index contributed by atoms with van der Waals surface area (Å²) in [6.45, 7) is 4.63. The Balaban J connectivity index is 2.89. The molecule has 0 spiro atoms. The molecule has 0 aromatic heterocycles. The molecule has 0 aliphatic rings. The number of aryl methyl sites for hydroxylation is 1. The van der Waals surface area contributed by atoms with Crippen LogP contribution in [0.2, 0.25) is 5.02 Å². The van der Waals surface area contributed by atoms with Crippen LogP contribution in [0.4, 0.5) is 0 Å². The summed E-state index contributed by atoms with van der Waals surface area (Å²) < 4.78 is 5.28. The molecule has 0 unspecified atom stereocenters. The summed E-state index contributed by atoms with van der Waals surface area (Å²) in [6, 6.07) is 5.69. The summed E-state index contributed by atoms with van der Waals surface area (Å²) in [4.78, 5) is 0. The van der Waals surface area contributed by atoms with Crippen molar-refractivity contribution in [2.75, 3.05) is 6.61 Å². The van der Waals surface area contributed by atoms with Crippen LogP contribution in [0, 0.1) is 6.92 Å². The maximum Gasteiger partial charge on any atom is 0.121 e. The first kappa shape index (κ1) is 8.41. The van der Waals surface area contributed by atoms with Gasteiger partial charge in [-0.05, 0) is 37.6 Å². The molecule has 1 rings (SSSR count). The van der Waals surface area contributed by atoms with Crippen molar-refractivity contribution in [3.63, 3.8) is 0 Å². The first-order valence-corrected chi connectivity index (χ1v) is 4.00. The Bertz CT molecular complexity index is 225. The normalized spacial score (nSPS) is 9.73. The molecule has 2 heteroatoms. The average molecular weight is 171 g/mol. The second-order valence-electron chi connectivity index (χ2n) is 2.40. The van der Waals surface area contributed by atoms with E-state index >= 15 is 0 Å². The fourth-order valence-corrected chi connectivity index (χ4v) is 1.23. The SMILES string of the molecule is CCOc1cc(C)cc(Cl)c1. The molecule has 0 N–H and O–H groups in total. The Hall–Kier alpha value is -0.690. The smallest absolute Gasteiger partial charge is 0.121 e. The van der Waals surface area contributed by atoms with E-state index in [4.69, 9.17) is 16.3 Å². The van der Waals surface area contributed by atoms with Crippen LogP contribution >= 0.6 is 11.6 Å². The molecule has 60 valence electrons. The molecule has 0 bridgehead atoms. The first-order chi connectivity index (χ1) is 5.22. The highest BCUT2D eigenvalue weighted by atomic mass is 35.5. The van der Waals surface area contributed by atoms with Gasteiger partial charge in [0.2, 0.25) is 0 Å². The van der Waals surface area contributed by atoms with E-state index in [1.165, 1.54) is 0 Å². The number of hydrogen-bond acceptors (Lipinski definition) is 1. The molecule has 0 fully saturated rings. The van der Waals surface area contributed by atoms with Gasteiger partial charge in [0.25, 0.3) is 0 Å². The van der Waals surface area contributed by atoms with Crippen LogP contribution in [0.25, 0.3) is 0 Å². The third kappa shape index (κ3) is 2.43. The van der Waals surface area contributed by atoms with E-state index in [1.807, 2.05) is 32.0 Å². The van der Waals surface area contributed by atoms with Crippen molar-refractivity contribution >= 4 is 11.6 Å². The van der Waals surface area contributed by atoms with Crippen molar-refractivity contribution in [3.05, 3.63) is 28.8 Å². The summed E-state index contributed by atoms with van der Waals surface area (Å²) in [5.74, 6) is 0.845. The molecule has 0 saturated carbocycles. The van der Waals surface area contributed by atoms with Gasteiger partial charge >= 0.3 is 0 Å². The fourth-order valence-electron chi connectivity index (χ4n) is 0.953. The van der Waals surface area contributed by atoms with Crippen molar-refractivity contribution in [1.29, 1.82) is 0 Å². The van der Waals surface area contributed by atoms with Crippen LogP contribution in [0.1, 0.15) is 12.5 Å². The molecular formula is C9H11ClO. The van der Waals surface area contributed by atoms with Crippen molar-refractivity contribution < 1.29 is 4.74 Å². The van der Waals surface area contributed by atoms with Crippen LogP contribution in [0.5, 0.6) is 5.75 Å². The maximum absolute atomic E-state index is 5.81. The average Bonchev–Trinajstić information content (AvgIpc) is 1.85. The molecule has 0 heterocycles. The van der Waals surface area contributed by atoms with E-state index < -0.39 is 0 Å². The minimum Gasteiger partial charge on any atom is -0.494 e. The largest absolute Gasteiger partial charge is 0.494 e. The predicted molar refractivity (Wildman–Crippen MR) is 47.4 cm³/mol. The Kier molecular flexibility index (Phi) is 2.77. The zero-order valence-corrected chi connectivity index (χ0v) is 7.48. The number of ether oxygens (including phenoxy) is 1. The van der Waals surface area contributed by atoms with Gasteiger partial charge in [0.1, 0.15) is 5.75 Å². The van der Waals surface area contributed by atoms with Gasteiger partial charge in [0.05, 0.1) is 6.61 Å². The summed E-state index contributed by atoms with van der Waals surface area (Å²) in [5.41, 5.74) is 1.13. The molecule has 1 aromatic carbocycles. The van der Waals surface area contributed by atoms with Crippen LogP contribution in [0.15, 0.2) is 18.2 Å². The van der Waals surface area contributed by atoms with E-state index in [1.54, 1.807) is 0 Å². The molecule has 1 nitrogen and oxygen atoms in total. The Morgan fingerprint density at radius 3 is 2.64 bits per heavy atom. The summed E-state index contributed by atoms with van der Waals surface area (Å²) in [5, 5.41) is 0.730. The molecule has 0 atom stereocenters. The molecule has 0 saturated heterocycles. The van der Waals surface area contributed by atoms with Crippen LogP contribution in [-0.4, -0.2) is 6.61 Å². The van der Waals surface area contributed by atoms with Gasteiger partial charge in [-0.25, -0.2) is 0 Å². The molecule has 1 aromatic rings. The zero-order valence-electron chi connectivity index (χ0n) is 6.73. The highest BCUT2D eigenvalue weighted by molar-refractivity contribution is 6.30. The van der Waals surface area contributed by atoms with Gasteiger partial charge in [-0.15, -0.1) is 0 Å². The van der Waals surface area contributed by atoms with Gasteiger partial charge in [0.15, 0.2) is 0 Å². The Morgan fingerprint density at radius 1 is 1.36 bits per heavy atom. The van der Waals surface area contributed by atoms with E-state index in [2.05, 4.69) is 0 Å². The quantitative estimate of drug-likeness (QED) is 0.663. The fraction of sp³-hybridized carbons (Fsp3) is 0.333. The Morgan fingerprint density at radius 2 is 2.09 bits per heavy atom. The predicted octanol–water partition coefficient (Wildman–Crippen LogP) is 3.05. The lowest BCUT2D eigenvalue weighted by molar-refractivity contribution is 0.340. The zero-order chi connectivity index (χ0) is 8.27. The van der Waals surface area contributed by atoms with E-state index in [0.29, 0.717) is 6.61 Å². The standard InChI is InChI=1S/C9H11ClO/c1-3-11-9-5-7(2)4-8(10)6-9/h4-6H,3H2,1-2H3. The summed E-state index contributed by atoms with van der Waals surface area (Å²) in [6.07, 6.45) is 0. The number of halogens is 1. The van der Waals surface area contributed by atoms with Crippen molar-refractivity contribution in [2.24, 2.45) is 0 Å². The van der Waals surface area contributed by atoms with Crippen molar-refractivity contribution in [2.45, 2.75) is 13.8 Å². The van der Waals surface area contributed by atoms with Gasteiger partial charge in [-0.1, -0.05) is 11.6 Å². The van der Waals surface area contributed by atoms with Gasteiger partial charge < -0.3 is 4.74 Å². The van der Waals surface area contributed by atoms with Crippen LogP contribution in [0.3, 0.4) is 0 Å². The molecule has 0 aliphatic carbocycles. The molecule has 0 aliphatic heterocycles. The second kappa shape index (κ2) is 3.63. The molecular weight excluding hydrogens is 160 g/mol. The van der Waals surface area contributed by atoms with Crippen LogP contribution in [-0.2, 0) is 0 Å². The monoisotopic (exact) mass is 170 g/mol. The van der Waals surface area contributed by atoms with Crippen molar-refractivity contribution in [3.8, 4) is 5.75 Å². The third-order valence-corrected chi connectivity index (χ3v) is 1.54. The molecule has 0 amide bonds. The number of hydrogen-bond donors (Lipinski definition) is 0. The van der Waals surface area contributed by atoms with Crippen LogP contribution < -0.4 is 4.74 Å². The van der Waals surface area contributed by atoms with E-state index in [0.717, 1.165) is 16.3 Å².